The van der Waals surface area contributed by atoms with Crippen molar-refractivity contribution in [2.45, 2.75) is 24.2 Å². The van der Waals surface area contributed by atoms with Crippen molar-refractivity contribution in [2.24, 2.45) is 11.7 Å². The van der Waals surface area contributed by atoms with Crippen molar-refractivity contribution < 1.29 is 14.0 Å². The summed E-state index contributed by atoms with van der Waals surface area (Å²) in [5.74, 6) is 0.400. The number of benzene rings is 1. The highest BCUT2D eigenvalue weighted by molar-refractivity contribution is 7.99. The summed E-state index contributed by atoms with van der Waals surface area (Å²) in [6, 6.07) is 10.1. The lowest BCUT2D eigenvalue weighted by Crippen LogP contribution is -2.41. The molecule has 2 aromatic rings. The SMILES string of the molecule is NC(=O)C1CCCN(c2ccc(NC(=O)CCSc3ccccc3F)cn2)C1. The van der Waals surface area contributed by atoms with Crippen molar-refractivity contribution in [3.63, 3.8) is 0 Å². The molecule has 1 aliphatic rings. The predicted octanol–water partition coefficient (Wildman–Crippen LogP) is 3.04. The summed E-state index contributed by atoms with van der Waals surface area (Å²) in [5, 5.41) is 2.80. The molecule has 0 aliphatic carbocycles. The standard InChI is InChI=1S/C20H23FN4O2S/c21-16-5-1-2-6-17(16)28-11-9-19(26)24-15-7-8-18(23-12-15)25-10-3-4-14(13-25)20(22)27/h1-2,5-8,12,14H,3-4,9-11,13H2,(H2,22,27)(H,24,26). The molecule has 2 amide bonds. The van der Waals surface area contributed by atoms with E-state index in [4.69, 9.17) is 5.73 Å². The summed E-state index contributed by atoms with van der Waals surface area (Å²) < 4.78 is 13.6. The second-order valence-corrected chi connectivity index (χ2v) is 7.81. The second kappa shape index (κ2) is 9.54. The maximum absolute atomic E-state index is 13.6. The van der Waals surface area contributed by atoms with E-state index in [0.717, 1.165) is 25.2 Å². The van der Waals surface area contributed by atoms with E-state index in [-0.39, 0.29) is 30.0 Å². The van der Waals surface area contributed by atoms with E-state index in [9.17, 15) is 14.0 Å². The van der Waals surface area contributed by atoms with Crippen LogP contribution in [-0.2, 0) is 9.59 Å². The summed E-state index contributed by atoms with van der Waals surface area (Å²) in [6.07, 6.45) is 3.58. The number of pyridine rings is 1. The second-order valence-electron chi connectivity index (χ2n) is 6.67. The van der Waals surface area contributed by atoms with E-state index < -0.39 is 0 Å². The highest BCUT2D eigenvalue weighted by Crippen LogP contribution is 2.23. The van der Waals surface area contributed by atoms with Crippen molar-refractivity contribution in [1.82, 2.24) is 4.98 Å². The van der Waals surface area contributed by atoms with Crippen molar-refractivity contribution in [2.75, 3.05) is 29.1 Å². The van der Waals surface area contributed by atoms with Crippen molar-refractivity contribution >= 4 is 35.1 Å². The third-order valence-corrected chi connectivity index (χ3v) is 5.65. The first-order valence-electron chi connectivity index (χ1n) is 9.20. The zero-order valence-electron chi connectivity index (χ0n) is 15.4. The lowest BCUT2D eigenvalue weighted by molar-refractivity contribution is -0.122. The van der Waals surface area contributed by atoms with Crippen LogP contribution in [0.4, 0.5) is 15.9 Å². The van der Waals surface area contributed by atoms with Gasteiger partial charge in [-0.3, -0.25) is 9.59 Å². The normalized spacial score (nSPS) is 16.6. The van der Waals surface area contributed by atoms with E-state index in [0.29, 0.717) is 22.9 Å². The number of halogens is 1. The highest BCUT2D eigenvalue weighted by Gasteiger charge is 2.24. The van der Waals surface area contributed by atoms with Gasteiger partial charge in [-0.25, -0.2) is 9.37 Å². The maximum atomic E-state index is 13.6. The Bertz CT molecular complexity index is 831. The van der Waals surface area contributed by atoms with Crippen LogP contribution in [0.2, 0.25) is 0 Å². The Morgan fingerprint density at radius 2 is 2.11 bits per heavy atom. The number of carbonyl (C=O) groups excluding carboxylic acids is 2. The molecule has 6 nitrogen and oxygen atoms in total. The van der Waals surface area contributed by atoms with Crippen LogP contribution >= 0.6 is 11.8 Å². The molecule has 0 saturated carbocycles. The van der Waals surface area contributed by atoms with Gasteiger partial charge in [0, 0.05) is 30.2 Å². The highest BCUT2D eigenvalue weighted by atomic mass is 32.2. The zero-order valence-corrected chi connectivity index (χ0v) is 16.3. The minimum Gasteiger partial charge on any atom is -0.369 e. The fraction of sp³-hybridized carbons (Fsp3) is 0.350. The number of anilines is 2. The number of nitrogens with two attached hydrogens (primary N) is 1. The van der Waals surface area contributed by atoms with Gasteiger partial charge in [0.1, 0.15) is 11.6 Å². The number of thioether (sulfide) groups is 1. The molecule has 1 aromatic carbocycles. The fourth-order valence-corrected chi connectivity index (χ4v) is 3.99. The van der Waals surface area contributed by atoms with Crippen LogP contribution in [0.1, 0.15) is 19.3 Å². The minimum absolute atomic E-state index is 0.148. The quantitative estimate of drug-likeness (QED) is 0.695. The van der Waals surface area contributed by atoms with Gasteiger partial charge in [0.15, 0.2) is 0 Å². The number of carbonyl (C=O) groups is 2. The van der Waals surface area contributed by atoms with E-state index in [1.165, 1.54) is 17.8 Å². The molecule has 2 heterocycles. The lowest BCUT2D eigenvalue weighted by Gasteiger charge is -2.32. The van der Waals surface area contributed by atoms with Gasteiger partial charge in [0.2, 0.25) is 11.8 Å². The smallest absolute Gasteiger partial charge is 0.225 e. The summed E-state index contributed by atoms with van der Waals surface area (Å²) in [6.45, 7) is 1.40. The predicted molar refractivity (Wildman–Crippen MR) is 109 cm³/mol. The Balaban J connectivity index is 1.48. The molecule has 1 aliphatic heterocycles. The zero-order chi connectivity index (χ0) is 19.9. The van der Waals surface area contributed by atoms with Gasteiger partial charge in [-0.1, -0.05) is 12.1 Å². The number of nitrogens with zero attached hydrogens (tertiary/aromatic N) is 2. The van der Waals surface area contributed by atoms with Crippen LogP contribution in [0.15, 0.2) is 47.5 Å². The summed E-state index contributed by atoms with van der Waals surface area (Å²) in [4.78, 5) is 30.5. The number of nitrogens with one attached hydrogen (secondary N) is 1. The molecule has 28 heavy (non-hydrogen) atoms. The molecule has 3 N–H and O–H groups in total. The van der Waals surface area contributed by atoms with E-state index in [2.05, 4.69) is 10.3 Å². The molecule has 1 unspecified atom stereocenters. The summed E-state index contributed by atoms with van der Waals surface area (Å²) in [5.41, 5.74) is 6.02. The first kappa shape index (κ1) is 20.1. The van der Waals surface area contributed by atoms with Crippen molar-refractivity contribution in [1.29, 1.82) is 0 Å². The largest absolute Gasteiger partial charge is 0.369 e. The molecule has 1 saturated heterocycles. The summed E-state index contributed by atoms with van der Waals surface area (Å²) in [7, 11) is 0. The van der Waals surface area contributed by atoms with Crippen molar-refractivity contribution in [3.8, 4) is 0 Å². The van der Waals surface area contributed by atoms with Crippen LogP contribution in [-0.4, -0.2) is 35.6 Å². The third kappa shape index (κ3) is 5.45. The fourth-order valence-electron chi connectivity index (χ4n) is 3.10. The summed E-state index contributed by atoms with van der Waals surface area (Å²) >= 11 is 1.31. The van der Waals surface area contributed by atoms with E-state index >= 15 is 0 Å². The first-order chi connectivity index (χ1) is 13.5. The molecule has 3 rings (SSSR count). The molecule has 0 spiro atoms. The van der Waals surface area contributed by atoms with Gasteiger partial charge in [0.25, 0.3) is 0 Å². The number of aromatic nitrogens is 1. The van der Waals surface area contributed by atoms with E-state index in [1.54, 1.807) is 30.5 Å². The van der Waals surface area contributed by atoms with Gasteiger partial charge in [-0.15, -0.1) is 11.8 Å². The molecule has 1 aromatic heterocycles. The van der Waals surface area contributed by atoms with Crippen LogP contribution in [0.25, 0.3) is 0 Å². The third-order valence-electron chi connectivity index (χ3n) is 4.60. The lowest BCUT2D eigenvalue weighted by atomic mass is 9.97. The molecule has 0 radical (unpaired) electrons. The van der Waals surface area contributed by atoms with Crippen LogP contribution in [0.3, 0.4) is 0 Å². The monoisotopic (exact) mass is 402 g/mol. The van der Waals surface area contributed by atoms with Gasteiger partial charge in [-0.2, -0.15) is 0 Å². The molecule has 1 fully saturated rings. The average Bonchev–Trinajstić information content (AvgIpc) is 2.70. The Morgan fingerprint density at radius 3 is 2.82 bits per heavy atom. The number of rotatable bonds is 7. The number of hydrogen-bond acceptors (Lipinski definition) is 5. The molecule has 8 heteroatoms. The van der Waals surface area contributed by atoms with Gasteiger partial charge < -0.3 is 16.0 Å². The van der Waals surface area contributed by atoms with Crippen LogP contribution < -0.4 is 16.0 Å². The van der Waals surface area contributed by atoms with E-state index in [1.807, 2.05) is 11.0 Å². The molecular formula is C20H23FN4O2S. The maximum Gasteiger partial charge on any atom is 0.225 e. The Hall–Kier alpha value is -2.61. The number of primary amides is 1. The van der Waals surface area contributed by atoms with Gasteiger partial charge in [0.05, 0.1) is 17.8 Å². The number of hydrogen-bond donors (Lipinski definition) is 2. The first-order valence-corrected chi connectivity index (χ1v) is 10.2. The van der Waals surface area contributed by atoms with Crippen LogP contribution in [0.5, 0.6) is 0 Å². The minimum atomic E-state index is -0.276. The molecule has 1 atom stereocenters. The molecular weight excluding hydrogens is 379 g/mol. The average molecular weight is 402 g/mol. The van der Waals surface area contributed by atoms with Crippen LogP contribution in [0, 0.1) is 11.7 Å². The number of amides is 2. The number of piperidine rings is 1. The Kier molecular flexibility index (Phi) is 6.86. The van der Waals surface area contributed by atoms with Crippen molar-refractivity contribution in [3.05, 3.63) is 48.4 Å². The Morgan fingerprint density at radius 1 is 1.29 bits per heavy atom. The van der Waals surface area contributed by atoms with Gasteiger partial charge in [-0.05, 0) is 37.1 Å². The van der Waals surface area contributed by atoms with Gasteiger partial charge >= 0.3 is 0 Å². The Labute approximate surface area is 167 Å². The topological polar surface area (TPSA) is 88.3 Å². The molecule has 148 valence electrons. The molecule has 0 bridgehead atoms.